The maximum absolute atomic E-state index is 12.9. The highest BCUT2D eigenvalue weighted by atomic mass is 19.1. The standard InChI is InChI=1S/C18H20FN3O3/c1-13(25-16-5-2-14(19)3-6-16)18(23)21-15-4-7-17(20-12-15)22-8-10-24-11-9-22/h2-7,12-13H,8-11H2,1H3,(H,21,23)/t13-/m1/s1. The fraction of sp³-hybridized carbons (Fsp3) is 0.333. The molecule has 0 saturated carbocycles. The number of aromatic nitrogens is 1. The van der Waals surface area contributed by atoms with Crippen LogP contribution in [0, 0.1) is 5.82 Å². The van der Waals surface area contributed by atoms with E-state index in [-0.39, 0.29) is 11.7 Å². The lowest BCUT2D eigenvalue weighted by Gasteiger charge is -2.27. The molecule has 1 amide bonds. The number of carbonyl (C=O) groups excluding carboxylic acids is 1. The Kier molecular flexibility index (Phi) is 5.45. The van der Waals surface area contributed by atoms with Gasteiger partial charge in [-0.15, -0.1) is 0 Å². The SMILES string of the molecule is C[C@@H](Oc1ccc(F)cc1)C(=O)Nc1ccc(N2CCOCC2)nc1. The second-order valence-electron chi connectivity index (χ2n) is 5.71. The van der Waals surface area contributed by atoms with Gasteiger partial charge < -0.3 is 19.7 Å². The van der Waals surface area contributed by atoms with E-state index in [9.17, 15) is 9.18 Å². The average Bonchev–Trinajstić information content (AvgIpc) is 2.65. The van der Waals surface area contributed by atoms with Crippen molar-refractivity contribution in [2.75, 3.05) is 36.5 Å². The summed E-state index contributed by atoms with van der Waals surface area (Å²) >= 11 is 0. The molecule has 0 radical (unpaired) electrons. The van der Waals surface area contributed by atoms with E-state index < -0.39 is 6.10 Å². The first kappa shape index (κ1) is 17.2. The zero-order valence-corrected chi connectivity index (χ0v) is 13.9. The molecule has 2 heterocycles. The lowest BCUT2D eigenvalue weighted by atomic mass is 10.3. The molecule has 1 fully saturated rings. The van der Waals surface area contributed by atoms with E-state index in [1.807, 2.05) is 6.07 Å². The van der Waals surface area contributed by atoms with Crippen molar-refractivity contribution in [1.29, 1.82) is 0 Å². The van der Waals surface area contributed by atoms with Crippen molar-refractivity contribution < 1.29 is 18.7 Å². The van der Waals surface area contributed by atoms with Crippen LogP contribution in [-0.2, 0) is 9.53 Å². The molecule has 1 atom stereocenters. The van der Waals surface area contributed by atoms with Gasteiger partial charge in [-0.05, 0) is 43.3 Å². The first-order valence-electron chi connectivity index (χ1n) is 8.13. The number of halogens is 1. The molecule has 2 aromatic rings. The van der Waals surface area contributed by atoms with Crippen LogP contribution in [0.25, 0.3) is 0 Å². The minimum absolute atomic E-state index is 0.301. The average molecular weight is 345 g/mol. The summed E-state index contributed by atoms with van der Waals surface area (Å²) in [4.78, 5) is 18.7. The fourth-order valence-corrected chi connectivity index (χ4v) is 2.45. The van der Waals surface area contributed by atoms with Gasteiger partial charge >= 0.3 is 0 Å². The zero-order chi connectivity index (χ0) is 17.6. The number of pyridine rings is 1. The molecule has 1 aliphatic heterocycles. The predicted molar refractivity (Wildman–Crippen MR) is 92.4 cm³/mol. The number of anilines is 2. The van der Waals surface area contributed by atoms with Crippen LogP contribution >= 0.6 is 0 Å². The Morgan fingerprint density at radius 3 is 2.60 bits per heavy atom. The molecule has 7 heteroatoms. The summed E-state index contributed by atoms with van der Waals surface area (Å²) in [6.45, 7) is 4.63. The van der Waals surface area contributed by atoms with Crippen LogP contribution in [0.15, 0.2) is 42.6 Å². The summed E-state index contributed by atoms with van der Waals surface area (Å²) in [6, 6.07) is 9.21. The van der Waals surface area contributed by atoms with E-state index in [1.54, 1.807) is 19.2 Å². The zero-order valence-electron chi connectivity index (χ0n) is 13.9. The number of morpholine rings is 1. The Bertz CT molecular complexity index is 701. The van der Waals surface area contributed by atoms with Gasteiger partial charge in [-0.2, -0.15) is 0 Å². The fourth-order valence-electron chi connectivity index (χ4n) is 2.45. The highest BCUT2D eigenvalue weighted by Crippen LogP contribution is 2.17. The summed E-state index contributed by atoms with van der Waals surface area (Å²) in [5, 5.41) is 2.76. The van der Waals surface area contributed by atoms with E-state index in [2.05, 4.69) is 15.2 Å². The van der Waals surface area contributed by atoms with Crippen LogP contribution < -0.4 is 15.0 Å². The molecule has 1 saturated heterocycles. The summed E-state index contributed by atoms with van der Waals surface area (Å²) < 4.78 is 23.7. The van der Waals surface area contributed by atoms with Crippen LogP contribution in [0.5, 0.6) is 5.75 Å². The smallest absolute Gasteiger partial charge is 0.265 e. The van der Waals surface area contributed by atoms with Crippen molar-refractivity contribution in [3.8, 4) is 5.75 Å². The monoisotopic (exact) mass is 345 g/mol. The van der Waals surface area contributed by atoms with Crippen molar-refractivity contribution in [2.24, 2.45) is 0 Å². The van der Waals surface area contributed by atoms with Crippen LogP contribution in [0.1, 0.15) is 6.92 Å². The molecular formula is C18H20FN3O3. The lowest BCUT2D eigenvalue weighted by molar-refractivity contribution is -0.122. The number of hydrogen-bond donors (Lipinski definition) is 1. The molecule has 1 aromatic heterocycles. The van der Waals surface area contributed by atoms with Gasteiger partial charge in [0.15, 0.2) is 6.10 Å². The molecule has 0 bridgehead atoms. The third-order valence-corrected chi connectivity index (χ3v) is 3.85. The van der Waals surface area contributed by atoms with Crippen molar-refractivity contribution >= 4 is 17.4 Å². The molecule has 1 aliphatic rings. The van der Waals surface area contributed by atoms with E-state index >= 15 is 0 Å². The number of rotatable bonds is 5. The van der Waals surface area contributed by atoms with Crippen molar-refractivity contribution in [3.63, 3.8) is 0 Å². The molecular weight excluding hydrogens is 325 g/mol. The van der Waals surface area contributed by atoms with E-state index in [1.165, 1.54) is 24.3 Å². The minimum atomic E-state index is -0.718. The normalized spacial score (nSPS) is 15.5. The maximum atomic E-state index is 12.9. The van der Waals surface area contributed by atoms with Gasteiger partial charge in [0.25, 0.3) is 5.91 Å². The molecule has 1 aromatic carbocycles. The van der Waals surface area contributed by atoms with Crippen molar-refractivity contribution in [3.05, 3.63) is 48.4 Å². The van der Waals surface area contributed by atoms with Crippen molar-refractivity contribution in [2.45, 2.75) is 13.0 Å². The quantitative estimate of drug-likeness (QED) is 0.902. The molecule has 0 spiro atoms. The van der Waals surface area contributed by atoms with E-state index in [0.29, 0.717) is 24.7 Å². The van der Waals surface area contributed by atoms with Crippen LogP contribution in [0.4, 0.5) is 15.9 Å². The molecule has 0 aliphatic carbocycles. The number of benzene rings is 1. The lowest BCUT2D eigenvalue weighted by Crippen LogP contribution is -2.36. The number of ether oxygens (including phenoxy) is 2. The van der Waals surface area contributed by atoms with Gasteiger partial charge in [0.2, 0.25) is 0 Å². The molecule has 132 valence electrons. The topological polar surface area (TPSA) is 63.7 Å². The Morgan fingerprint density at radius 2 is 1.96 bits per heavy atom. The highest BCUT2D eigenvalue weighted by molar-refractivity contribution is 5.94. The highest BCUT2D eigenvalue weighted by Gasteiger charge is 2.16. The second-order valence-corrected chi connectivity index (χ2v) is 5.71. The van der Waals surface area contributed by atoms with Gasteiger partial charge in [-0.1, -0.05) is 0 Å². The van der Waals surface area contributed by atoms with E-state index in [4.69, 9.17) is 9.47 Å². The summed E-state index contributed by atoms with van der Waals surface area (Å²) in [5.74, 6) is 0.642. The Labute approximate surface area is 145 Å². The molecule has 0 unspecified atom stereocenters. The van der Waals surface area contributed by atoms with Crippen LogP contribution in [0.3, 0.4) is 0 Å². The predicted octanol–water partition coefficient (Wildman–Crippen LogP) is 2.46. The van der Waals surface area contributed by atoms with Gasteiger partial charge in [0.1, 0.15) is 17.4 Å². The number of nitrogens with one attached hydrogen (secondary N) is 1. The third kappa shape index (κ3) is 4.67. The third-order valence-electron chi connectivity index (χ3n) is 3.85. The summed E-state index contributed by atoms with van der Waals surface area (Å²) in [7, 11) is 0. The van der Waals surface area contributed by atoms with Crippen LogP contribution in [0.2, 0.25) is 0 Å². The Morgan fingerprint density at radius 1 is 1.24 bits per heavy atom. The Balaban J connectivity index is 1.55. The number of carbonyl (C=O) groups is 1. The molecule has 6 nitrogen and oxygen atoms in total. The first-order valence-corrected chi connectivity index (χ1v) is 8.13. The Hall–Kier alpha value is -2.67. The minimum Gasteiger partial charge on any atom is -0.481 e. The van der Waals surface area contributed by atoms with Crippen LogP contribution in [-0.4, -0.2) is 43.3 Å². The number of amides is 1. The van der Waals surface area contributed by atoms with Crippen molar-refractivity contribution in [1.82, 2.24) is 4.98 Å². The van der Waals surface area contributed by atoms with Gasteiger partial charge in [0, 0.05) is 13.1 Å². The van der Waals surface area contributed by atoms with Gasteiger partial charge in [0.05, 0.1) is 25.1 Å². The molecule has 1 N–H and O–H groups in total. The number of hydrogen-bond acceptors (Lipinski definition) is 5. The maximum Gasteiger partial charge on any atom is 0.265 e. The first-order chi connectivity index (χ1) is 12.1. The number of nitrogens with zero attached hydrogens (tertiary/aromatic N) is 2. The summed E-state index contributed by atoms with van der Waals surface area (Å²) in [5.41, 5.74) is 0.594. The van der Waals surface area contributed by atoms with Gasteiger partial charge in [-0.3, -0.25) is 4.79 Å². The second kappa shape index (κ2) is 7.94. The molecule has 25 heavy (non-hydrogen) atoms. The summed E-state index contributed by atoms with van der Waals surface area (Å²) in [6.07, 6.45) is 0.900. The molecule has 3 rings (SSSR count). The van der Waals surface area contributed by atoms with E-state index in [0.717, 1.165) is 18.9 Å². The largest absolute Gasteiger partial charge is 0.481 e. The van der Waals surface area contributed by atoms with Gasteiger partial charge in [-0.25, -0.2) is 9.37 Å².